The van der Waals surface area contributed by atoms with Crippen molar-refractivity contribution >= 4 is 0 Å². The van der Waals surface area contributed by atoms with Crippen molar-refractivity contribution in [3.63, 3.8) is 0 Å². The highest BCUT2D eigenvalue weighted by molar-refractivity contribution is 5.04. The number of nitrogens with zero attached hydrogens (tertiary/aromatic N) is 3. The molecule has 0 aliphatic heterocycles. The van der Waals surface area contributed by atoms with Gasteiger partial charge < -0.3 is 0 Å². The third-order valence-corrected chi connectivity index (χ3v) is 12.5. The molecule has 0 amide bonds. The van der Waals surface area contributed by atoms with Crippen LogP contribution in [0.25, 0.3) is 0 Å². The molecule has 1 rings (SSSR count). The van der Waals surface area contributed by atoms with Gasteiger partial charge in [0.2, 0.25) is 0 Å². The van der Waals surface area contributed by atoms with Gasteiger partial charge in [-0.1, -0.05) is 290 Å². The zero-order valence-corrected chi connectivity index (χ0v) is 38.9. The molecular weight excluding hydrogens is 679 g/mol. The Hall–Kier alpha value is -0.990. The minimum atomic E-state index is 0.877. The van der Waals surface area contributed by atoms with Crippen LogP contribution >= 0.6 is 0 Å². The molecule has 1 aromatic rings. The fraction of sp³-hybridized carbons (Fsp3) is 0.925. The fourth-order valence-corrected chi connectivity index (χ4v) is 8.62. The van der Waals surface area contributed by atoms with Gasteiger partial charge in [0.25, 0.3) is 0 Å². The molecule has 0 aliphatic rings. The summed E-state index contributed by atoms with van der Waals surface area (Å²) in [5.41, 5.74) is 0. The number of hydrogen-bond donors (Lipinski definition) is 0. The number of rotatable bonds is 47. The van der Waals surface area contributed by atoms with E-state index in [0.29, 0.717) is 0 Å². The molecule has 0 atom stereocenters. The Morgan fingerprint density at radius 2 is 0.429 bits per heavy atom. The van der Waals surface area contributed by atoms with Crippen LogP contribution in [0.1, 0.15) is 321 Å². The number of aryl methyl sites for hydroxylation is 2. The molecule has 1 aromatic heterocycles. The van der Waals surface area contributed by atoms with E-state index in [-0.39, 0.29) is 0 Å². The van der Waals surface area contributed by atoms with Gasteiger partial charge in [0.05, 0.1) is 0 Å². The van der Waals surface area contributed by atoms with E-state index in [1.165, 1.54) is 283 Å². The third-order valence-electron chi connectivity index (χ3n) is 12.5. The Bertz CT molecular complexity index is 817. The standard InChI is InChI=1S/C53H102N3/c1-4-7-9-11-13-15-17-19-21-23-25-27-29-31-33-35-37-39-41-43-45-47-49-52-54-51(6-3)55-53(56-52)50-48-46-44-42-40-38-36-34-32-30-28-26-24-22-20-18-16-14-12-10-8-5-2/h6H,4-5,7-50H2,1-3H3. The second kappa shape index (κ2) is 45.1. The Labute approximate surface area is 353 Å². The van der Waals surface area contributed by atoms with E-state index in [2.05, 4.69) is 20.8 Å². The molecule has 0 spiro atoms. The molecule has 0 aromatic carbocycles. The van der Waals surface area contributed by atoms with Gasteiger partial charge in [-0.2, -0.15) is 0 Å². The summed E-state index contributed by atoms with van der Waals surface area (Å²) in [7, 11) is 0. The number of unbranched alkanes of at least 4 members (excludes halogenated alkanes) is 42. The van der Waals surface area contributed by atoms with E-state index >= 15 is 0 Å². The van der Waals surface area contributed by atoms with Crippen LogP contribution in [0.15, 0.2) is 0 Å². The van der Waals surface area contributed by atoms with Crippen molar-refractivity contribution in [2.45, 2.75) is 316 Å². The Balaban J connectivity index is 1.87. The van der Waals surface area contributed by atoms with Gasteiger partial charge in [-0.3, -0.25) is 0 Å². The van der Waals surface area contributed by atoms with Gasteiger partial charge >= 0.3 is 0 Å². The van der Waals surface area contributed by atoms with E-state index < -0.39 is 0 Å². The predicted octanol–water partition coefficient (Wildman–Crippen LogP) is 18.7. The van der Waals surface area contributed by atoms with Crippen LogP contribution in [0.4, 0.5) is 0 Å². The average molecular weight is 781 g/mol. The minimum absolute atomic E-state index is 0.877. The van der Waals surface area contributed by atoms with Gasteiger partial charge in [0.1, 0.15) is 17.5 Å². The van der Waals surface area contributed by atoms with E-state index in [4.69, 9.17) is 15.0 Å². The molecule has 0 fully saturated rings. The van der Waals surface area contributed by atoms with Gasteiger partial charge in [0, 0.05) is 19.3 Å². The summed E-state index contributed by atoms with van der Waals surface area (Å²) < 4.78 is 0. The summed E-state index contributed by atoms with van der Waals surface area (Å²) in [5.74, 6) is 2.92. The molecule has 56 heavy (non-hydrogen) atoms. The summed E-state index contributed by atoms with van der Waals surface area (Å²) in [6.45, 7) is 6.67. The van der Waals surface area contributed by atoms with E-state index in [0.717, 1.165) is 30.3 Å². The van der Waals surface area contributed by atoms with Gasteiger partial charge in [-0.25, -0.2) is 15.0 Å². The van der Waals surface area contributed by atoms with Gasteiger partial charge in [-0.15, -0.1) is 0 Å². The fourth-order valence-electron chi connectivity index (χ4n) is 8.62. The van der Waals surface area contributed by atoms with E-state index in [1.807, 2.05) is 6.42 Å². The smallest absolute Gasteiger partial charge is 0.136 e. The second-order valence-corrected chi connectivity index (χ2v) is 18.2. The highest BCUT2D eigenvalue weighted by Crippen LogP contribution is 2.18. The predicted molar refractivity (Wildman–Crippen MR) is 251 cm³/mol. The van der Waals surface area contributed by atoms with Crippen LogP contribution < -0.4 is 0 Å². The summed E-state index contributed by atoms with van der Waals surface area (Å²) >= 11 is 0. The van der Waals surface area contributed by atoms with Crippen molar-refractivity contribution in [1.82, 2.24) is 15.0 Å². The SMILES string of the molecule is C[CH]c1nc(CCCCCCCCCCCCCCCCCCCCCCCC)nc(CCCCCCCCCCCCCCCCCCCCCCCC)n1. The highest BCUT2D eigenvalue weighted by Gasteiger charge is 2.07. The Morgan fingerprint density at radius 3 is 0.607 bits per heavy atom. The van der Waals surface area contributed by atoms with Gasteiger partial charge in [0.15, 0.2) is 0 Å². The molecule has 0 unspecified atom stereocenters. The van der Waals surface area contributed by atoms with Crippen LogP contribution in [0, 0.1) is 6.42 Å². The molecule has 1 heterocycles. The maximum absolute atomic E-state index is 4.89. The maximum Gasteiger partial charge on any atom is 0.136 e. The number of hydrogen-bond acceptors (Lipinski definition) is 3. The van der Waals surface area contributed by atoms with Crippen LogP contribution in [0.5, 0.6) is 0 Å². The van der Waals surface area contributed by atoms with Crippen LogP contribution in [0.3, 0.4) is 0 Å². The van der Waals surface area contributed by atoms with Crippen molar-refractivity contribution in [3.8, 4) is 0 Å². The molecule has 3 heteroatoms. The molecule has 0 N–H and O–H groups in total. The second-order valence-electron chi connectivity index (χ2n) is 18.2. The molecule has 0 bridgehead atoms. The molecule has 3 nitrogen and oxygen atoms in total. The highest BCUT2D eigenvalue weighted by atomic mass is 15.0. The summed E-state index contributed by atoms with van der Waals surface area (Å²) in [5, 5.41) is 0. The molecule has 0 aliphatic carbocycles. The van der Waals surface area contributed by atoms with Crippen molar-refractivity contribution in [2.75, 3.05) is 0 Å². The largest absolute Gasteiger partial charge is 0.218 e. The van der Waals surface area contributed by atoms with Crippen LogP contribution in [-0.2, 0) is 12.8 Å². The van der Waals surface area contributed by atoms with Crippen LogP contribution in [0.2, 0.25) is 0 Å². The normalized spacial score (nSPS) is 11.6. The first-order valence-corrected chi connectivity index (χ1v) is 26.3. The summed E-state index contributed by atoms with van der Waals surface area (Å²) in [6.07, 6.45) is 67.0. The maximum atomic E-state index is 4.89. The average Bonchev–Trinajstić information content (AvgIpc) is 3.21. The molecule has 0 saturated heterocycles. The van der Waals surface area contributed by atoms with E-state index in [1.54, 1.807) is 0 Å². The molecule has 329 valence electrons. The lowest BCUT2D eigenvalue weighted by Gasteiger charge is -2.07. The quantitative estimate of drug-likeness (QED) is 0.0618. The van der Waals surface area contributed by atoms with Crippen LogP contribution in [-0.4, -0.2) is 15.0 Å². The topological polar surface area (TPSA) is 38.7 Å². The first-order chi connectivity index (χ1) is 27.8. The van der Waals surface area contributed by atoms with Crippen molar-refractivity contribution < 1.29 is 0 Å². The first kappa shape index (κ1) is 53.0. The zero-order chi connectivity index (χ0) is 40.1. The lowest BCUT2D eigenvalue weighted by molar-refractivity contribution is 0.518. The Kier molecular flexibility index (Phi) is 42.7. The number of aromatic nitrogens is 3. The zero-order valence-electron chi connectivity index (χ0n) is 38.9. The monoisotopic (exact) mass is 781 g/mol. The van der Waals surface area contributed by atoms with Crippen molar-refractivity contribution in [2.24, 2.45) is 0 Å². The molecule has 0 saturated carbocycles. The molecule has 1 radical (unpaired) electrons. The Morgan fingerprint density at radius 1 is 0.250 bits per heavy atom. The minimum Gasteiger partial charge on any atom is -0.218 e. The third kappa shape index (κ3) is 38.5. The van der Waals surface area contributed by atoms with Crippen molar-refractivity contribution in [3.05, 3.63) is 23.9 Å². The van der Waals surface area contributed by atoms with Crippen molar-refractivity contribution in [1.29, 1.82) is 0 Å². The van der Waals surface area contributed by atoms with E-state index in [9.17, 15) is 0 Å². The lowest BCUT2D eigenvalue weighted by Crippen LogP contribution is -2.07. The summed E-state index contributed by atoms with van der Waals surface area (Å²) in [4.78, 5) is 14.4. The van der Waals surface area contributed by atoms with Gasteiger partial charge in [-0.05, 0) is 12.8 Å². The lowest BCUT2D eigenvalue weighted by atomic mass is 10.0. The summed E-state index contributed by atoms with van der Waals surface area (Å²) in [6, 6.07) is 0. The molecular formula is C53H102N3. The first-order valence-electron chi connectivity index (χ1n) is 26.3.